The van der Waals surface area contributed by atoms with Crippen LogP contribution in [0.3, 0.4) is 0 Å². The second kappa shape index (κ2) is 3.01. The Hall–Kier alpha value is -1.52. The molecule has 1 heterocycles. The van der Waals surface area contributed by atoms with E-state index in [1.165, 1.54) is 0 Å². The summed E-state index contributed by atoms with van der Waals surface area (Å²) in [5.41, 5.74) is 12.2. The summed E-state index contributed by atoms with van der Waals surface area (Å²) in [4.78, 5) is 11.1. The molecule has 0 radical (unpaired) electrons. The lowest BCUT2D eigenvalue weighted by atomic mass is 10.2. The molecule has 0 bridgehead atoms. The lowest BCUT2D eigenvalue weighted by molar-refractivity contribution is 0.100. The third-order valence-electron chi connectivity index (χ3n) is 2.49. The summed E-state index contributed by atoms with van der Waals surface area (Å²) in [6.45, 7) is 1.94. The fourth-order valence-corrected chi connectivity index (χ4v) is 1.61. The average molecular weight is 194 g/mol. The van der Waals surface area contributed by atoms with Crippen LogP contribution in [0.2, 0.25) is 0 Å². The lowest BCUT2D eigenvalue weighted by Crippen LogP contribution is -2.15. The summed E-state index contributed by atoms with van der Waals surface area (Å²) in [5.74, 6) is -0.0527. The van der Waals surface area contributed by atoms with Crippen LogP contribution in [0.15, 0.2) is 0 Å². The van der Waals surface area contributed by atoms with E-state index in [0.717, 1.165) is 12.8 Å². The highest BCUT2D eigenvalue weighted by Crippen LogP contribution is 2.37. The molecule has 76 valence electrons. The normalized spacial score (nSPS) is 15.8. The van der Waals surface area contributed by atoms with Crippen LogP contribution >= 0.6 is 0 Å². The van der Waals surface area contributed by atoms with Gasteiger partial charge in [0.05, 0.1) is 11.7 Å². The van der Waals surface area contributed by atoms with Gasteiger partial charge in [0, 0.05) is 0 Å². The fraction of sp³-hybridized carbons (Fsp3) is 0.556. The van der Waals surface area contributed by atoms with E-state index in [1.807, 2.05) is 6.92 Å². The van der Waals surface area contributed by atoms with Crippen molar-refractivity contribution in [2.75, 3.05) is 5.73 Å². The van der Waals surface area contributed by atoms with Gasteiger partial charge in [-0.05, 0) is 19.3 Å². The van der Waals surface area contributed by atoms with Crippen molar-refractivity contribution in [3.8, 4) is 0 Å². The topological polar surface area (TPSA) is 86.9 Å². The summed E-state index contributed by atoms with van der Waals surface area (Å²) in [6.07, 6.45) is 2.86. The SMILES string of the molecule is CCc1nn(C2CC2)c(N)c1C(N)=O. The molecule has 1 aliphatic rings. The quantitative estimate of drug-likeness (QED) is 0.732. The van der Waals surface area contributed by atoms with E-state index in [2.05, 4.69) is 5.10 Å². The van der Waals surface area contributed by atoms with Crippen molar-refractivity contribution in [2.24, 2.45) is 5.73 Å². The number of nitrogens with two attached hydrogens (primary N) is 2. The second-order valence-corrected chi connectivity index (χ2v) is 3.60. The predicted octanol–water partition coefficient (Wildman–Crippen LogP) is 0.462. The van der Waals surface area contributed by atoms with E-state index < -0.39 is 5.91 Å². The third kappa shape index (κ3) is 1.25. The van der Waals surface area contributed by atoms with Crippen LogP contribution in [0.4, 0.5) is 5.82 Å². The number of aromatic nitrogens is 2. The van der Waals surface area contributed by atoms with E-state index in [-0.39, 0.29) is 0 Å². The molecule has 1 fully saturated rings. The van der Waals surface area contributed by atoms with Crippen LogP contribution in [-0.2, 0) is 6.42 Å². The first-order valence-electron chi connectivity index (χ1n) is 4.81. The van der Waals surface area contributed by atoms with Gasteiger partial charge in [-0.1, -0.05) is 6.92 Å². The number of rotatable bonds is 3. The van der Waals surface area contributed by atoms with Crippen molar-refractivity contribution in [1.29, 1.82) is 0 Å². The van der Waals surface area contributed by atoms with Gasteiger partial charge in [0.15, 0.2) is 0 Å². The number of anilines is 1. The molecular weight excluding hydrogens is 180 g/mol. The predicted molar refractivity (Wildman–Crippen MR) is 52.8 cm³/mol. The molecule has 0 aromatic carbocycles. The molecule has 5 nitrogen and oxygen atoms in total. The number of nitrogens with zero attached hydrogens (tertiary/aromatic N) is 2. The molecule has 0 saturated heterocycles. The van der Waals surface area contributed by atoms with Crippen LogP contribution in [0, 0.1) is 0 Å². The summed E-state index contributed by atoms with van der Waals surface area (Å²) < 4.78 is 1.74. The van der Waals surface area contributed by atoms with Crippen LogP contribution in [0.25, 0.3) is 0 Å². The fourth-order valence-electron chi connectivity index (χ4n) is 1.61. The van der Waals surface area contributed by atoms with Gasteiger partial charge in [-0.2, -0.15) is 5.10 Å². The summed E-state index contributed by atoms with van der Waals surface area (Å²) in [5, 5.41) is 4.30. The van der Waals surface area contributed by atoms with Crippen LogP contribution < -0.4 is 11.5 Å². The Morgan fingerprint density at radius 1 is 1.64 bits per heavy atom. The average Bonchev–Trinajstić information content (AvgIpc) is 2.90. The van der Waals surface area contributed by atoms with Crippen molar-refractivity contribution >= 4 is 11.7 Å². The van der Waals surface area contributed by atoms with E-state index >= 15 is 0 Å². The van der Waals surface area contributed by atoms with Gasteiger partial charge in [0.1, 0.15) is 11.4 Å². The zero-order valence-corrected chi connectivity index (χ0v) is 8.16. The molecular formula is C9H14N4O. The molecule has 0 atom stereocenters. The number of carbonyl (C=O) groups excluding carboxylic acids is 1. The lowest BCUT2D eigenvalue weighted by Gasteiger charge is -1.99. The Labute approximate surface area is 82.1 Å². The van der Waals surface area contributed by atoms with E-state index in [0.29, 0.717) is 29.5 Å². The minimum Gasteiger partial charge on any atom is -0.383 e. The zero-order valence-electron chi connectivity index (χ0n) is 8.16. The Kier molecular flexibility index (Phi) is 1.94. The first-order chi connectivity index (χ1) is 6.65. The van der Waals surface area contributed by atoms with E-state index in [9.17, 15) is 4.79 Å². The van der Waals surface area contributed by atoms with Crippen LogP contribution in [0.1, 0.15) is 41.9 Å². The highest BCUT2D eigenvalue weighted by atomic mass is 16.1. The van der Waals surface area contributed by atoms with Crippen molar-refractivity contribution in [1.82, 2.24) is 9.78 Å². The van der Waals surface area contributed by atoms with Crippen LogP contribution in [0.5, 0.6) is 0 Å². The molecule has 1 aliphatic carbocycles. The number of nitrogen functional groups attached to an aromatic ring is 1. The minimum atomic E-state index is -0.480. The molecule has 1 aromatic rings. The zero-order chi connectivity index (χ0) is 10.3. The summed E-state index contributed by atoms with van der Waals surface area (Å²) in [6, 6.07) is 0.383. The van der Waals surface area contributed by atoms with Crippen molar-refractivity contribution in [3.63, 3.8) is 0 Å². The Morgan fingerprint density at radius 3 is 2.64 bits per heavy atom. The number of carbonyl (C=O) groups is 1. The molecule has 1 saturated carbocycles. The number of hydrogen-bond acceptors (Lipinski definition) is 3. The maximum absolute atomic E-state index is 11.1. The molecule has 4 N–H and O–H groups in total. The second-order valence-electron chi connectivity index (χ2n) is 3.60. The van der Waals surface area contributed by atoms with Gasteiger partial charge in [0.25, 0.3) is 5.91 Å². The minimum absolute atomic E-state index is 0.383. The Bertz CT molecular complexity index is 378. The molecule has 0 spiro atoms. The molecule has 14 heavy (non-hydrogen) atoms. The van der Waals surface area contributed by atoms with E-state index in [4.69, 9.17) is 11.5 Å². The number of hydrogen-bond donors (Lipinski definition) is 2. The molecule has 0 unspecified atom stereocenters. The third-order valence-corrected chi connectivity index (χ3v) is 2.49. The van der Waals surface area contributed by atoms with Gasteiger partial charge >= 0.3 is 0 Å². The van der Waals surface area contributed by atoms with Crippen molar-refractivity contribution < 1.29 is 4.79 Å². The number of aryl methyl sites for hydroxylation is 1. The van der Waals surface area contributed by atoms with E-state index in [1.54, 1.807) is 4.68 Å². The molecule has 5 heteroatoms. The highest BCUT2D eigenvalue weighted by Gasteiger charge is 2.29. The maximum atomic E-state index is 11.1. The number of amides is 1. The van der Waals surface area contributed by atoms with Crippen molar-refractivity contribution in [3.05, 3.63) is 11.3 Å². The molecule has 0 aliphatic heterocycles. The van der Waals surface area contributed by atoms with Gasteiger partial charge < -0.3 is 11.5 Å². The largest absolute Gasteiger partial charge is 0.383 e. The number of primary amides is 1. The molecule has 1 amide bonds. The van der Waals surface area contributed by atoms with Gasteiger partial charge in [0.2, 0.25) is 0 Å². The monoisotopic (exact) mass is 194 g/mol. The smallest absolute Gasteiger partial charge is 0.254 e. The maximum Gasteiger partial charge on any atom is 0.254 e. The van der Waals surface area contributed by atoms with Gasteiger partial charge in [-0.3, -0.25) is 4.79 Å². The highest BCUT2D eigenvalue weighted by molar-refractivity contribution is 5.98. The summed E-state index contributed by atoms with van der Waals surface area (Å²) >= 11 is 0. The van der Waals surface area contributed by atoms with Crippen molar-refractivity contribution in [2.45, 2.75) is 32.2 Å². The van der Waals surface area contributed by atoms with Gasteiger partial charge in [-0.25, -0.2) is 4.68 Å². The standard InChI is InChI=1S/C9H14N4O/c1-2-6-7(9(11)14)8(10)13(12-6)5-3-4-5/h5H,2-4,10H2,1H3,(H2,11,14). The van der Waals surface area contributed by atoms with Crippen LogP contribution in [-0.4, -0.2) is 15.7 Å². The summed E-state index contributed by atoms with van der Waals surface area (Å²) in [7, 11) is 0. The molecule has 1 aromatic heterocycles. The first kappa shape index (κ1) is 9.05. The Morgan fingerprint density at radius 2 is 2.29 bits per heavy atom. The Balaban J connectivity index is 2.49. The van der Waals surface area contributed by atoms with Gasteiger partial charge in [-0.15, -0.1) is 0 Å². The molecule has 2 rings (SSSR count). The first-order valence-corrected chi connectivity index (χ1v) is 4.81.